The zero-order chi connectivity index (χ0) is 18.9. The lowest BCUT2D eigenvalue weighted by Gasteiger charge is -2.28. The highest BCUT2D eigenvalue weighted by atomic mass is 16.2. The average Bonchev–Trinajstić information content (AvgIpc) is 2.88. The Labute approximate surface area is 156 Å². The fourth-order valence-electron chi connectivity index (χ4n) is 3.96. The highest BCUT2D eigenvalue weighted by Gasteiger charge is 2.34. The van der Waals surface area contributed by atoms with E-state index in [0.717, 1.165) is 29.8 Å². The van der Waals surface area contributed by atoms with Gasteiger partial charge in [0.25, 0.3) is 0 Å². The van der Waals surface area contributed by atoms with Crippen LogP contribution in [-0.2, 0) is 9.59 Å². The first-order valence-corrected chi connectivity index (χ1v) is 9.68. The molecule has 0 radical (unpaired) electrons. The topological polar surface area (TPSA) is 70.2 Å². The number of aryl methyl sites for hydroxylation is 1. The smallest absolute Gasteiger partial charge is 0.229 e. The summed E-state index contributed by atoms with van der Waals surface area (Å²) in [6.45, 7) is 7.61. The highest BCUT2D eigenvalue weighted by Crippen LogP contribution is 2.33. The summed E-state index contributed by atoms with van der Waals surface area (Å²) in [6.07, 6.45) is 5.27. The van der Waals surface area contributed by atoms with Gasteiger partial charge >= 0.3 is 0 Å². The summed E-state index contributed by atoms with van der Waals surface area (Å²) < 4.78 is 0. The molecule has 2 heterocycles. The Morgan fingerprint density at radius 2 is 1.77 bits per heavy atom. The van der Waals surface area contributed by atoms with Crippen LogP contribution in [0.4, 0.5) is 11.4 Å². The first-order chi connectivity index (χ1) is 12.2. The van der Waals surface area contributed by atoms with Gasteiger partial charge in [-0.05, 0) is 56.2 Å². The molecule has 0 aromatic heterocycles. The van der Waals surface area contributed by atoms with E-state index in [0.29, 0.717) is 24.4 Å². The number of benzene rings is 1. The minimum absolute atomic E-state index is 0.0331. The van der Waals surface area contributed by atoms with Gasteiger partial charge in [-0.15, -0.1) is 0 Å². The fourth-order valence-corrected chi connectivity index (χ4v) is 3.96. The summed E-state index contributed by atoms with van der Waals surface area (Å²) >= 11 is 0. The van der Waals surface area contributed by atoms with Crippen LogP contribution < -0.4 is 16.0 Å². The van der Waals surface area contributed by atoms with Gasteiger partial charge < -0.3 is 16.0 Å². The van der Waals surface area contributed by atoms with Crippen LogP contribution >= 0.6 is 0 Å². The van der Waals surface area contributed by atoms with E-state index >= 15 is 0 Å². The van der Waals surface area contributed by atoms with Gasteiger partial charge in [-0.25, -0.2) is 0 Å². The molecule has 2 aliphatic heterocycles. The van der Waals surface area contributed by atoms with Crippen molar-refractivity contribution in [2.45, 2.75) is 71.9 Å². The minimum Gasteiger partial charge on any atom is -0.326 e. The van der Waals surface area contributed by atoms with E-state index < -0.39 is 5.41 Å². The Morgan fingerprint density at radius 1 is 1.12 bits per heavy atom. The zero-order valence-corrected chi connectivity index (χ0v) is 16.3. The van der Waals surface area contributed by atoms with Crippen molar-refractivity contribution >= 4 is 23.2 Å². The number of hydrogen-bond acceptors (Lipinski definition) is 3. The Hall–Kier alpha value is -1.88. The number of carbonyl (C=O) groups excluding carboxylic acids is 2. The number of fused-ring (bicyclic) bond motifs is 2. The molecule has 5 nitrogen and oxygen atoms in total. The number of rotatable bonds is 4. The van der Waals surface area contributed by atoms with E-state index in [1.807, 2.05) is 45.9 Å². The summed E-state index contributed by atoms with van der Waals surface area (Å²) in [5.74, 6) is 0.502. The van der Waals surface area contributed by atoms with Gasteiger partial charge in [-0.2, -0.15) is 0 Å². The Balaban J connectivity index is 1.60. The number of piperidine rings is 1. The number of carbonyl (C=O) groups is 2. The maximum Gasteiger partial charge on any atom is 0.229 e. The van der Waals surface area contributed by atoms with Crippen molar-refractivity contribution < 1.29 is 9.59 Å². The van der Waals surface area contributed by atoms with Gasteiger partial charge in [0.15, 0.2) is 0 Å². The Bertz CT molecular complexity index is 681. The van der Waals surface area contributed by atoms with Crippen LogP contribution in [0.5, 0.6) is 0 Å². The molecule has 3 rings (SSSR count). The molecule has 2 bridgehead atoms. The first kappa shape index (κ1) is 18.9. The molecule has 0 spiro atoms. The van der Waals surface area contributed by atoms with Crippen LogP contribution in [-0.4, -0.2) is 23.9 Å². The molecular weight excluding hydrogens is 326 g/mol. The molecular formula is C21H31N3O2. The first-order valence-electron chi connectivity index (χ1n) is 9.68. The standard InChI is InChI=1S/C21H31N3O2/c1-13-5-6-17(12-18(13)24-20(26)21(2,3)4)23-19(25)11-14-9-15-7-8-16(10-14)22-15/h5-6,12,14-16,22H,7-11H2,1-4H3,(H,23,25)(H,24,26). The van der Waals surface area contributed by atoms with Gasteiger partial charge in [-0.3, -0.25) is 9.59 Å². The van der Waals surface area contributed by atoms with Crippen molar-refractivity contribution in [3.8, 4) is 0 Å². The molecule has 1 aromatic rings. The quantitative estimate of drug-likeness (QED) is 0.767. The van der Waals surface area contributed by atoms with Crippen molar-refractivity contribution in [3.05, 3.63) is 23.8 Å². The molecule has 2 amide bonds. The maximum absolute atomic E-state index is 12.5. The molecule has 142 valence electrons. The van der Waals surface area contributed by atoms with Crippen molar-refractivity contribution in [1.29, 1.82) is 0 Å². The van der Waals surface area contributed by atoms with Crippen molar-refractivity contribution in [1.82, 2.24) is 5.32 Å². The van der Waals surface area contributed by atoms with Crippen LogP contribution in [0.2, 0.25) is 0 Å². The predicted molar refractivity (Wildman–Crippen MR) is 105 cm³/mol. The third-order valence-corrected chi connectivity index (χ3v) is 5.50. The molecule has 0 saturated carbocycles. The predicted octanol–water partition coefficient (Wildman–Crippen LogP) is 3.84. The Morgan fingerprint density at radius 3 is 2.38 bits per heavy atom. The van der Waals surface area contributed by atoms with Gasteiger partial charge in [0.1, 0.15) is 0 Å². The van der Waals surface area contributed by atoms with Crippen molar-refractivity contribution in [3.63, 3.8) is 0 Å². The fraction of sp³-hybridized carbons (Fsp3) is 0.619. The van der Waals surface area contributed by atoms with E-state index in [-0.39, 0.29) is 11.8 Å². The van der Waals surface area contributed by atoms with E-state index in [9.17, 15) is 9.59 Å². The number of anilines is 2. The molecule has 2 saturated heterocycles. The molecule has 3 N–H and O–H groups in total. The largest absolute Gasteiger partial charge is 0.326 e. The van der Waals surface area contributed by atoms with Gasteiger partial charge in [0, 0.05) is 35.3 Å². The second-order valence-corrected chi connectivity index (χ2v) is 8.96. The van der Waals surface area contributed by atoms with Crippen LogP contribution in [0.1, 0.15) is 58.4 Å². The second kappa shape index (κ2) is 7.39. The van der Waals surface area contributed by atoms with Gasteiger partial charge in [0.2, 0.25) is 11.8 Å². The summed E-state index contributed by atoms with van der Waals surface area (Å²) in [6, 6.07) is 6.88. The molecule has 1 aromatic carbocycles. The number of amides is 2. The van der Waals surface area contributed by atoms with Crippen LogP contribution in [0.15, 0.2) is 18.2 Å². The summed E-state index contributed by atoms with van der Waals surface area (Å²) in [4.78, 5) is 24.7. The molecule has 2 aliphatic rings. The van der Waals surface area contributed by atoms with E-state index in [1.165, 1.54) is 12.8 Å². The lowest BCUT2D eigenvalue weighted by molar-refractivity contribution is -0.123. The monoisotopic (exact) mass is 357 g/mol. The summed E-state index contributed by atoms with van der Waals surface area (Å²) in [5.41, 5.74) is 2.01. The molecule has 2 fully saturated rings. The lowest BCUT2D eigenvalue weighted by Crippen LogP contribution is -2.39. The summed E-state index contributed by atoms with van der Waals surface area (Å²) in [5, 5.41) is 9.59. The van der Waals surface area contributed by atoms with E-state index in [1.54, 1.807) is 0 Å². The highest BCUT2D eigenvalue weighted by molar-refractivity contribution is 5.97. The molecule has 26 heavy (non-hydrogen) atoms. The molecule has 5 heteroatoms. The maximum atomic E-state index is 12.5. The number of nitrogens with one attached hydrogen (secondary N) is 3. The third-order valence-electron chi connectivity index (χ3n) is 5.50. The Kier molecular flexibility index (Phi) is 5.37. The zero-order valence-electron chi connectivity index (χ0n) is 16.3. The van der Waals surface area contributed by atoms with Crippen LogP contribution in [0, 0.1) is 18.3 Å². The number of hydrogen-bond donors (Lipinski definition) is 3. The molecule has 2 atom stereocenters. The second-order valence-electron chi connectivity index (χ2n) is 8.96. The van der Waals surface area contributed by atoms with Gasteiger partial charge in [-0.1, -0.05) is 26.8 Å². The van der Waals surface area contributed by atoms with Crippen molar-refractivity contribution in [2.75, 3.05) is 10.6 Å². The summed E-state index contributed by atoms with van der Waals surface area (Å²) in [7, 11) is 0. The molecule has 0 aliphatic carbocycles. The van der Waals surface area contributed by atoms with Crippen LogP contribution in [0.25, 0.3) is 0 Å². The minimum atomic E-state index is -0.458. The van der Waals surface area contributed by atoms with Crippen molar-refractivity contribution in [2.24, 2.45) is 11.3 Å². The normalized spacial score (nSPS) is 25.0. The van der Waals surface area contributed by atoms with E-state index in [4.69, 9.17) is 0 Å². The SMILES string of the molecule is Cc1ccc(NC(=O)CC2CC3CCC(C2)N3)cc1NC(=O)C(C)(C)C. The third kappa shape index (κ3) is 4.64. The lowest BCUT2D eigenvalue weighted by atomic mass is 9.89. The van der Waals surface area contributed by atoms with Crippen LogP contribution in [0.3, 0.4) is 0 Å². The van der Waals surface area contributed by atoms with E-state index in [2.05, 4.69) is 16.0 Å². The molecule has 2 unspecified atom stereocenters. The van der Waals surface area contributed by atoms with Gasteiger partial charge in [0.05, 0.1) is 0 Å². The average molecular weight is 357 g/mol.